The molecule has 0 amide bonds. The summed E-state index contributed by atoms with van der Waals surface area (Å²) in [7, 11) is 0. The van der Waals surface area contributed by atoms with E-state index in [0.717, 1.165) is 23.9 Å². The molecule has 4 heteroatoms. The fourth-order valence-corrected chi connectivity index (χ4v) is 4.18. The van der Waals surface area contributed by atoms with Gasteiger partial charge in [0.25, 0.3) is 0 Å². The van der Waals surface area contributed by atoms with Gasteiger partial charge in [0.05, 0.1) is 0 Å². The maximum Gasteiger partial charge on any atom is 0.222 e. The summed E-state index contributed by atoms with van der Waals surface area (Å²) in [4.78, 5) is 11.7. The van der Waals surface area contributed by atoms with Crippen LogP contribution in [0.25, 0.3) is 11.1 Å². The van der Waals surface area contributed by atoms with Gasteiger partial charge >= 0.3 is 0 Å². The van der Waals surface area contributed by atoms with E-state index in [4.69, 9.17) is 0 Å². The molecule has 5 rings (SSSR count). The number of piperidine rings is 3. The average molecular weight is 322 g/mol. The minimum Gasteiger partial charge on any atom is -0.350 e. The third-order valence-corrected chi connectivity index (χ3v) is 5.82. The predicted molar refractivity (Wildman–Crippen MR) is 98.0 cm³/mol. The highest BCUT2D eigenvalue weighted by molar-refractivity contribution is 5.62. The molecule has 3 saturated heterocycles. The zero-order valence-corrected chi connectivity index (χ0v) is 14.6. The summed E-state index contributed by atoms with van der Waals surface area (Å²) in [5.41, 5.74) is 3.61. The van der Waals surface area contributed by atoms with Gasteiger partial charge in [-0.05, 0) is 56.3 Å². The molecular formula is C20H26N4. The van der Waals surface area contributed by atoms with Crippen LogP contribution in [0.4, 0.5) is 5.95 Å². The Bertz CT molecular complexity index is 670. The summed E-state index contributed by atoms with van der Waals surface area (Å²) in [5, 5.41) is 3.60. The lowest BCUT2D eigenvalue weighted by Crippen LogP contribution is -2.59. The number of benzene rings is 1. The highest BCUT2D eigenvalue weighted by Gasteiger charge is 2.39. The van der Waals surface area contributed by atoms with E-state index < -0.39 is 0 Å². The summed E-state index contributed by atoms with van der Waals surface area (Å²) in [6.07, 6.45) is 7.52. The molecule has 0 saturated carbocycles. The monoisotopic (exact) mass is 322 g/mol. The molecule has 1 aromatic carbocycles. The van der Waals surface area contributed by atoms with Crippen molar-refractivity contribution in [2.24, 2.45) is 5.92 Å². The number of hydrogen-bond acceptors (Lipinski definition) is 4. The zero-order chi connectivity index (χ0) is 16.5. The van der Waals surface area contributed by atoms with Crippen molar-refractivity contribution in [2.75, 3.05) is 18.4 Å². The molecule has 2 atom stereocenters. The second kappa shape index (κ2) is 6.52. The van der Waals surface area contributed by atoms with Gasteiger partial charge < -0.3 is 5.32 Å². The van der Waals surface area contributed by atoms with Gasteiger partial charge in [-0.2, -0.15) is 0 Å². The Hall–Kier alpha value is -1.94. The Morgan fingerprint density at radius 3 is 2.29 bits per heavy atom. The molecule has 3 aliphatic rings. The number of nitrogens with one attached hydrogen (secondary N) is 1. The third-order valence-electron chi connectivity index (χ3n) is 5.82. The maximum absolute atomic E-state index is 4.57. The molecule has 0 radical (unpaired) electrons. The van der Waals surface area contributed by atoms with E-state index in [2.05, 4.69) is 58.3 Å². The number of fused-ring (bicyclic) bond motifs is 3. The predicted octanol–water partition coefficient (Wildman–Crippen LogP) is 3.60. The van der Waals surface area contributed by atoms with Crippen molar-refractivity contribution in [3.05, 3.63) is 42.2 Å². The molecule has 2 bridgehead atoms. The van der Waals surface area contributed by atoms with Gasteiger partial charge in [0.2, 0.25) is 5.95 Å². The lowest BCUT2D eigenvalue weighted by molar-refractivity contribution is 0.0455. The van der Waals surface area contributed by atoms with E-state index in [0.29, 0.717) is 12.1 Å². The Morgan fingerprint density at radius 1 is 1.04 bits per heavy atom. The smallest absolute Gasteiger partial charge is 0.222 e. The second-order valence-electron chi connectivity index (χ2n) is 7.13. The number of aromatic nitrogens is 2. The molecule has 3 fully saturated rings. The molecule has 2 aromatic rings. The van der Waals surface area contributed by atoms with Crippen molar-refractivity contribution in [1.29, 1.82) is 0 Å². The molecule has 3 aliphatic heterocycles. The van der Waals surface area contributed by atoms with Crippen molar-refractivity contribution in [3.8, 4) is 11.1 Å². The van der Waals surface area contributed by atoms with Gasteiger partial charge in [0.15, 0.2) is 0 Å². The molecule has 0 spiro atoms. The summed E-state index contributed by atoms with van der Waals surface area (Å²) in [5.74, 6) is 1.52. The molecular weight excluding hydrogens is 296 g/mol. The van der Waals surface area contributed by atoms with Crippen LogP contribution in [0.5, 0.6) is 0 Å². The van der Waals surface area contributed by atoms with Gasteiger partial charge in [-0.25, -0.2) is 9.97 Å². The molecule has 0 aliphatic carbocycles. The van der Waals surface area contributed by atoms with E-state index in [-0.39, 0.29) is 0 Å². The van der Waals surface area contributed by atoms with E-state index in [1.807, 2.05) is 12.4 Å². The zero-order valence-electron chi connectivity index (χ0n) is 14.6. The summed E-state index contributed by atoms with van der Waals surface area (Å²) < 4.78 is 0. The van der Waals surface area contributed by atoms with Crippen LogP contribution in [-0.4, -0.2) is 40.0 Å². The normalized spacial score (nSPS) is 28.8. The van der Waals surface area contributed by atoms with Gasteiger partial charge in [0, 0.05) is 30.0 Å². The Morgan fingerprint density at radius 2 is 1.71 bits per heavy atom. The van der Waals surface area contributed by atoms with Crippen LogP contribution in [-0.2, 0) is 6.42 Å². The maximum atomic E-state index is 4.57. The van der Waals surface area contributed by atoms with E-state index in [1.54, 1.807) is 0 Å². The molecule has 1 N–H and O–H groups in total. The van der Waals surface area contributed by atoms with Crippen LogP contribution < -0.4 is 5.32 Å². The average Bonchev–Trinajstić information content (AvgIpc) is 2.66. The standard InChI is InChI=1S/C20H26N4/c1-3-15-4-6-16(7-5-15)18-12-21-20(22-13-18)23-19-14(2)24-10-8-17(19)9-11-24/h4-7,12-14,17,19H,3,8-11H2,1-2H3,(H,21,22,23)/t14-,19+/m1/s1. The molecule has 0 unspecified atom stereocenters. The van der Waals surface area contributed by atoms with Crippen molar-refractivity contribution in [1.82, 2.24) is 14.9 Å². The largest absolute Gasteiger partial charge is 0.350 e. The molecule has 4 heterocycles. The van der Waals surface area contributed by atoms with Gasteiger partial charge in [-0.3, -0.25) is 4.90 Å². The number of anilines is 1. The minimum absolute atomic E-state index is 0.474. The number of nitrogens with zero attached hydrogens (tertiary/aromatic N) is 3. The van der Waals surface area contributed by atoms with Crippen LogP contribution in [0.1, 0.15) is 32.3 Å². The minimum atomic E-state index is 0.474. The Balaban J connectivity index is 1.47. The first-order chi connectivity index (χ1) is 11.7. The Labute approximate surface area is 144 Å². The van der Waals surface area contributed by atoms with Crippen molar-refractivity contribution < 1.29 is 0 Å². The van der Waals surface area contributed by atoms with Crippen LogP contribution in [0.2, 0.25) is 0 Å². The first-order valence-electron chi connectivity index (χ1n) is 9.16. The molecule has 1 aromatic heterocycles. The number of aryl methyl sites for hydroxylation is 1. The van der Waals surface area contributed by atoms with Crippen LogP contribution >= 0.6 is 0 Å². The van der Waals surface area contributed by atoms with Gasteiger partial charge in [-0.15, -0.1) is 0 Å². The summed E-state index contributed by atoms with van der Waals surface area (Å²) in [6, 6.07) is 9.71. The molecule has 126 valence electrons. The van der Waals surface area contributed by atoms with E-state index in [1.165, 1.54) is 37.1 Å². The number of rotatable bonds is 4. The summed E-state index contributed by atoms with van der Waals surface area (Å²) in [6.45, 7) is 7.00. The fraction of sp³-hybridized carbons (Fsp3) is 0.500. The topological polar surface area (TPSA) is 41.1 Å². The SMILES string of the molecule is CCc1ccc(-c2cnc(N[C@@H]3C4CCN(CC4)[C@@H]3C)nc2)cc1. The second-order valence-corrected chi connectivity index (χ2v) is 7.13. The van der Waals surface area contributed by atoms with Gasteiger partial charge in [0.1, 0.15) is 0 Å². The van der Waals surface area contributed by atoms with Crippen LogP contribution in [0.15, 0.2) is 36.7 Å². The number of hydrogen-bond donors (Lipinski definition) is 1. The third kappa shape index (κ3) is 2.91. The highest BCUT2D eigenvalue weighted by atomic mass is 15.2. The fourth-order valence-electron chi connectivity index (χ4n) is 4.18. The van der Waals surface area contributed by atoms with Crippen molar-refractivity contribution in [2.45, 2.75) is 45.2 Å². The first kappa shape index (κ1) is 15.6. The lowest BCUT2D eigenvalue weighted by atomic mass is 9.79. The van der Waals surface area contributed by atoms with Crippen molar-refractivity contribution >= 4 is 5.95 Å². The Kier molecular flexibility index (Phi) is 4.23. The van der Waals surface area contributed by atoms with Crippen LogP contribution in [0, 0.1) is 5.92 Å². The lowest BCUT2D eigenvalue weighted by Gasteiger charge is -2.49. The van der Waals surface area contributed by atoms with E-state index in [9.17, 15) is 0 Å². The van der Waals surface area contributed by atoms with Gasteiger partial charge in [-0.1, -0.05) is 31.2 Å². The van der Waals surface area contributed by atoms with Crippen LogP contribution in [0.3, 0.4) is 0 Å². The highest BCUT2D eigenvalue weighted by Crippen LogP contribution is 2.33. The summed E-state index contributed by atoms with van der Waals surface area (Å²) >= 11 is 0. The molecule has 4 nitrogen and oxygen atoms in total. The first-order valence-corrected chi connectivity index (χ1v) is 9.16. The van der Waals surface area contributed by atoms with E-state index >= 15 is 0 Å². The van der Waals surface area contributed by atoms with Crippen molar-refractivity contribution in [3.63, 3.8) is 0 Å². The molecule has 24 heavy (non-hydrogen) atoms. The quantitative estimate of drug-likeness (QED) is 0.934.